The molecular weight excluding hydrogens is 192 g/mol. The van der Waals surface area contributed by atoms with E-state index in [2.05, 4.69) is 10.1 Å². The lowest BCUT2D eigenvalue weighted by molar-refractivity contribution is 0.296. The van der Waals surface area contributed by atoms with Crippen molar-refractivity contribution in [1.82, 2.24) is 19.3 Å². The molecule has 0 spiro atoms. The highest BCUT2D eigenvalue weighted by Gasteiger charge is 2.01. The zero-order valence-corrected chi connectivity index (χ0v) is 8.92. The summed E-state index contributed by atoms with van der Waals surface area (Å²) in [6, 6.07) is 0. The van der Waals surface area contributed by atoms with Gasteiger partial charge in [-0.1, -0.05) is 0 Å². The lowest BCUT2D eigenvalue weighted by Crippen LogP contribution is -2.00. The van der Waals surface area contributed by atoms with Crippen molar-refractivity contribution >= 4 is 0 Å². The van der Waals surface area contributed by atoms with Crippen molar-refractivity contribution < 1.29 is 4.74 Å². The van der Waals surface area contributed by atoms with Gasteiger partial charge in [0.1, 0.15) is 6.61 Å². The van der Waals surface area contributed by atoms with E-state index in [1.54, 1.807) is 18.7 Å². The van der Waals surface area contributed by atoms with Crippen molar-refractivity contribution in [1.29, 1.82) is 0 Å². The van der Waals surface area contributed by atoms with Crippen LogP contribution in [0.2, 0.25) is 0 Å². The highest BCUT2D eigenvalue weighted by Crippen LogP contribution is 2.10. The van der Waals surface area contributed by atoms with Gasteiger partial charge in [0.25, 0.3) is 0 Å². The van der Waals surface area contributed by atoms with Crippen LogP contribution in [0.25, 0.3) is 0 Å². The molecule has 0 aliphatic heterocycles. The van der Waals surface area contributed by atoms with E-state index in [0.717, 1.165) is 18.0 Å². The predicted molar refractivity (Wildman–Crippen MR) is 55.4 cm³/mol. The Labute approximate surface area is 88.3 Å². The van der Waals surface area contributed by atoms with Crippen molar-refractivity contribution in [3.05, 3.63) is 30.6 Å². The Morgan fingerprint density at radius 3 is 2.87 bits per heavy atom. The normalized spacial score (nSPS) is 10.5. The molecule has 0 radical (unpaired) electrons. The zero-order valence-electron chi connectivity index (χ0n) is 8.92. The molecule has 2 heterocycles. The fourth-order valence-electron chi connectivity index (χ4n) is 1.27. The van der Waals surface area contributed by atoms with E-state index in [1.165, 1.54) is 0 Å². The third-order valence-corrected chi connectivity index (χ3v) is 2.24. The van der Waals surface area contributed by atoms with Gasteiger partial charge in [-0.05, 0) is 6.92 Å². The number of aryl methyl sites for hydroxylation is 2. The minimum absolute atomic E-state index is 0.520. The van der Waals surface area contributed by atoms with Crippen molar-refractivity contribution in [3.8, 4) is 5.75 Å². The average Bonchev–Trinajstić information content (AvgIpc) is 2.84. The molecule has 0 fully saturated rings. The molecule has 0 bridgehead atoms. The highest BCUT2D eigenvalue weighted by molar-refractivity contribution is 5.12. The van der Waals surface area contributed by atoms with Gasteiger partial charge < -0.3 is 9.30 Å². The standard InChI is InChI=1S/C10H14N4O/c1-3-14-6-10(5-12-14)15-7-9-4-11-8-13(9)2/h4-6,8H,3,7H2,1-2H3. The molecule has 0 amide bonds. The molecule has 2 rings (SSSR count). The predicted octanol–water partition coefficient (Wildman–Crippen LogP) is 1.22. The van der Waals surface area contributed by atoms with E-state index in [1.807, 2.05) is 29.4 Å². The first-order valence-corrected chi connectivity index (χ1v) is 4.90. The molecular formula is C10H14N4O. The summed E-state index contributed by atoms with van der Waals surface area (Å²) in [6.07, 6.45) is 7.16. The summed E-state index contributed by atoms with van der Waals surface area (Å²) in [6.45, 7) is 3.42. The van der Waals surface area contributed by atoms with Gasteiger partial charge in [0.2, 0.25) is 0 Å². The third-order valence-electron chi connectivity index (χ3n) is 2.24. The fraction of sp³-hybridized carbons (Fsp3) is 0.400. The molecule has 0 N–H and O–H groups in total. The van der Waals surface area contributed by atoms with Crippen LogP contribution >= 0.6 is 0 Å². The van der Waals surface area contributed by atoms with Crippen LogP contribution in [0.1, 0.15) is 12.6 Å². The number of hydrogen-bond donors (Lipinski definition) is 0. The maximum absolute atomic E-state index is 5.57. The molecule has 0 aliphatic carbocycles. The Balaban J connectivity index is 1.96. The van der Waals surface area contributed by atoms with Gasteiger partial charge in [-0.3, -0.25) is 4.68 Å². The van der Waals surface area contributed by atoms with Crippen LogP contribution in [0.5, 0.6) is 5.75 Å². The summed E-state index contributed by atoms with van der Waals surface area (Å²) in [7, 11) is 1.95. The zero-order chi connectivity index (χ0) is 10.7. The number of nitrogens with zero attached hydrogens (tertiary/aromatic N) is 4. The van der Waals surface area contributed by atoms with Gasteiger partial charge in [0, 0.05) is 13.6 Å². The topological polar surface area (TPSA) is 44.9 Å². The van der Waals surface area contributed by atoms with Crippen LogP contribution in [0.15, 0.2) is 24.9 Å². The number of rotatable bonds is 4. The molecule has 0 saturated carbocycles. The molecule has 0 unspecified atom stereocenters. The van der Waals surface area contributed by atoms with E-state index in [0.29, 0.717) is 6.61 Å². The van der Waals surface area contributed by atoms with E-state index in [-0.39, 0.29) is 0 Å². The van der Waals surface area contributed by atoms with Crippen LogP contribution in [-0.2, 0) is 20.2 Å². The van der Waals surface area contributed by atoms with Crippen LogP contribution in [0, 0.1) is 0 Å². The minimum atomic E-state index is 0.520. The SMILES string of the molecule is CCn1cc(OCc2cncn2C)cn1. The first kappa shape index (κ1) is 9.76. The minimum Gasteiger partial charge on any atom is -0.484 e. The summed E-state index contributed by atoms with van der Waals surface area (Å²) in [5.41, 5.74) is 1.04. The van der Waals surface area contributed by atoms with Gasteiger partial charge in [-0.15, -0.1) is 0 Å². The summed E-state index contributed by atoms with van der Waals surface area (Å²) < 4.78 is 9.34. The van der Waals surface area contributed by atoms with Crippen LogP contribution in [0.4, 0.5) is 0 Å². The fourth-order valence-corrected chi connectivity index (χ4v) is 1.27. The molecule has 0 aromatic carbocycles. The molecule has 2 aromatic rings. The Kier molecular flexibility index (Phi) is 2.71. The van der Waals surface area contributed by atoms with Gasteiger partial charge in [0.15, 0.2) is 5.75 Å². The maximum Gasteiger partial charge on any atom is 0.157 e. The van der Waals surface area contributed by atoms with Crippen LogP contribution < -0.4 is 4.74 Å². The van der Waals surface area contributed by atoms with Crippen LogP contribution in [0.3, 0.4) is 0 Å². The smallest absolute Gasteiger partial charge is 0.157 e. The molecule has 0 aliphatic rings. The summed E-state index contributed by atoms with van der Waals surface area (Å²) in [4.78, 5) is 4.02. The Hall–Kier alpha value is -1.78. The summed E-state index contributed by atoms with van der Waals surface area (Å²) >= 11 is 0. The highest BCUT2D eigenvalue weighted by atomic mass is 16.5. The number of aromatic nitrogens is 4. The molecule has 15 heavy (non-hydrogen) atoms. The second-order valence-corrected chi connectivity index (χ2v) is 3.32. The van der Waals surface area contributed by atoms with Crippen molar-refractivity contribution in [2.24, 2.45) is 7.05 Å². The van der Waals surface area contributed by atoms with Gasteiger partial charge in [0.05, 0.1) is 30.6 Å². The molecule has 2 aromatic heterocycles. The summed E-state index contributed by atoms with van der Waals surface area (Å²) in [5.74, 6) is 0.790. The molecule has 0 atom stereocenters. The molecule has 5 heteroatoms. The second kappa shape index (κ2) is 4.16. The van der Waals surface area contributed by atoms with E-state index in [9.17, 15) is 0 Å². The lowest BCUT2D eigenvalue weighted by atomic mass is 10.5. The Bertz CT molecular complexity index is 432. The molecule has 5 nitrogen and oxygen atoms in total. The Morgan fingerprint density at radius 2 is 2.27 bits per heavy atom. The van der Waals surface area contributed by atoms with Crippen LogP contribution in [-0.4, -0.2) is 19.3 Å². The first-order chi connectivity index (χ1) is 7.29. The second-order valence-electron chi connectivity index (χ2n) is 3.32. The average molecular weight is 206 g/mol. The number of hydrogen-bond acceptors (Lipinski definition) is 3. The maximum atomic E-state index is 5.57. The monoisotopic (exact) mass is 206 g/mol. The quantitative estimate of drug-likeness (QED) is 0.755. The van der Waals surface area contributed by atoms with Gasteiger partial charge in [-0.25, -0.2) is 4.98 Å². The molecule has 80 valence electrons. The Morgan fingerprint density at radius 1 is 1.40 bits per heavy atom. The van der Waals surface area contributed by atoms with Gasteiger partial charge in [-0.2, -0.15) is 5.10 Å². The number of ether oxygens (including phenoxy) is 1. The van der Waals surface area contributed by atoms with E-state index >= 15 is 0 Å². The van der Waals surface area contributed by atoms with E-state index < -0.39 is 0 Å². The number of imidazole rings is 1. The first-order valence-electron chi connectivity index (χ1n) is 4.90. The largest absolute Gasteiger partial charge is 0.484 e. The summed E-state index contributed by atoms with van der Waals surface area (Å²) in [5, 5.41) is 4.13. The van der Waals surface area contributed by atoms with Crippen molar-refractivity contribution in [3.63, 3.8) is 0 Å². The molecule has 0 saturated heterocycles. The van der Waals surface area contributed by atoms with Gasteiger partial charge >= 0.3 is 0 Å². The van der Waals surface area contributed by atoms with E-state index in [4.69, 9.17) is 4.74 Å². The van der Waals surface area contributed by atoms with Crippen molar-refractivity contribution in [2.45, 2.75) is 20.1 Å². The lowest BCUT2D eigenvalue weighted by Gasteiger charge is -2.03. The van der Waals surface area contributed by atoms with Crippen molar-refractivity contribution in [2.75, 3.05) is 0 Å². The third kappa shape index (κ3) is 2.18.